The van der Waals surface area contributed by atoms with Gasteiger partial charge in [0.25, 0.3) is 0 Å². The van der Waals surface area contributed by atoms with Crippen LogP contribution in [0.2, 0.25) is 0 Å². The van der Waals surface area contributed by atoms with E-state index in [4.69, 9.17) is 4.98 Å². The van der Waals surface area contributed by atoms with Crippen LogP contribution in [0.15, 0.2) is 6.20 Å². The van der Waals surface area contributed by atoms with Crippen molar-refractivity contribution in [2.45, 2.75) is 63.5 Å². The lowest BCUT2D eigenvalue weighted by molar-refractivity contribution is 0.179. The Morgan fingerprint density at radius 2 is 1.95 bits per heavy atom. The molecule has 1 saturated carbocycles. The quantitative estimate of drug-likeness (QED) is 0.907. The van der Waals surface area contributed by atoms with Crippen molar-refractivity contribution in [1.29, 1.82) is 0 Å². The summed E-state index contributed by atoms with van der Waals surface area (Å²) in [6.07, 6.45) is 10.2. The highest BCUT2D eigenvalue weighted by Gasteiger charge is 2.30. The van der Waals surface area contributed by atoms with E-state index in [2.05, 4.69) is 16.1 Å². The Kier molecular flexibility index (Phi) is 3.36. The number of rotatable bonds is 2. The largest absolute Gasteiger partial charge is 0.335 e. The molecule has 0 radical (unpaired) electrons. The van der Waals surface area contributed by atoms with Crippen molar-refractivity contribution >= 4 is 6.03 Å². The molecule has 1 aromatic rings. The molecular weight excluding hydrogens is 264 g/mol. The lowest BCUT2D eigenvalue weighted by atomic mass is 9.95. The summed E-state index contributed by atoms with van der Waals surface area (Å²) in [7, 11) is 0. The minimum Gasteiger partial charge on any atom is -0.335 e. The zero-order chi connectivity index (χ0) is 14.2. The van der Waals surface area contributed by atoms with Gasteiger partial charge in [-0.25, -0.2) is 9.78 Å². The minimum absolute atomic E-state index is 0.140. The molecule has 1 N–H and O–H groups in total. The van der Waals surface area contributed by atoms with E-state index in [9.17, 15) is 4.79 Å². The Morgan fingerprint density at radius 1 is 1.14 bits per heavy atom. The van der Waals surface area contributed by atoms with E-state index >= 15 is 0 Å². The summed E-state index contributed by atoms with van der Waals surface area (Å²) < 4.78 is 2.44. The van der Waals surface area contributed by atoms with Gasteiger partial charge >= 0.3 is 6.03 Å². The molecule has 5 heteroatoms. The zero-order valence-electron chi connectivity index (χ0n) is 12.6. The molecule has 4 rings (SSSR count). The van der Waals surface area contributed by atoms with Gasteiger partial charge in [0.05, 0.1) is 0 Å². The lowest BCUT2D eigenvalue weighted by Crippen LogP contribution is -2.45. The maximum atomic E-state index is 12.1. The second-order valence-corrected chi connectivity index (χ2v) is 6.70. The predicted molar refractivity (Wildman–Crippen MR) is 80.3 cm³/mol. The molecule has 2 aliphatic heterocycles. The van der Waals surface area contributed by atoms with E-state index in [1.807, 2.05) is 4.90 Å². The molecule has 0 spiro atoms. The molecule has 3 heterocycles. The first-order valence-electron chi connectivity index (χ1n) is 8.41. The number of nitrogens with zero attached hydrogens (tertiary/aromatic N) is 3. The van der Waals surface area contributed by atoms with Gasteiger partial charge in [-0.15, -0.1) is 0 Å². The number of urea groups is 1. The first-order chi connectivity index (χ1) is 10.3. The molecule has 3 aliphatic rings. The number of carbonyl (C=O) groups is 1. The molecule has 2 fully saturated rings. The smallest absolute Gasteiger partial charge is 0.317 e. The minimum atomic E-state index is 0.140. The maximum Gasteiger partial charge on any atom is 0.317 e. The standard InChI is InChI=1S/C16H24N4O/c21-16(18-13-4-5-13)19-9-6-12(7-10-19)15-17-11-14-3-1-2-8-20(14)15/h11-13H,1-10H2,(H,18,21). The van der Waals surface area contributed by atoms with Crippen LogP contribution in [0.1, 0.15) is 56.0 Å². The molecule has 1 aromatic heterocycles. The van der Waals surface area contributed by atoms with Crippen LogP contribution in [-0.4, -0.2) is 39.6 Å². The summed E-state index contributed by atoms with van der Waals surface area (Å²) in [4.78, 5) is 18.7. The fourth-order valence-corrected chi connectivity index (χ4v) is 3.62. The van der Waals surface area contributed by atoms with Crippen molar-refractivity contribution in [2.24, 2.45) is 0 Å². The van der Waals surface area contributed by atoms with Gasteiger partial charge in [-0.1, -0.05) is 0 Å². The van der Waals surface area contributed by atoms with Gasteiger partial charge in [0.15, 0.2) is 0 Å². The lowest BCUT2D eigenvalue weighted by Gasteiger charge is -2.32. The van der Waals surface area contributed by atoms with Gasteiger partial charge < -0.3 is 14.8 Å². The number of aromatic nitrogens is 2. The van der Waals surface area contributed by atoms with Gasteiger partial charge in [0, 0.05) is 43.5 Å². The number of fused-ring (bicyclic) bond motifs is 1. The summed E-state index contributed by atoms with van der Waals surface area (Å²) in [5.41, 5.74) is 1.41. The Bertz CT molecular complexity index is 526. The number of nitrogens with one attached hydrogen (secondary N) is 1. The molecule has 1 saturated heterocycles. The van der Waals surface area contributed by atoms with Crippen molar-refractivity contribution in [1.82, 2.24) is 19.8 Å². The van der Waals surface area contributed by atoms with E-state index in [1.165, 1.54) is 30.8 Å². The third-order valence-electron chi connectivity index (χ3n) is 5.09. The Balaban J connectivity index is 1.38. The summed E-state index contributed by atoms with van der Waals surface area (Å²) in [5, 5.41) is 3.09. The second kappa shape index (κ2) is 5.35. The number of aryl methyl sites for hydroxylation is 1. The summed E-state index contributed by atoms with van der Waals surface area (Å²) >= 11 is 0. The first-order valence-corrected chi connectivity index (χ1v) is 8.41. The van der Waals surface area contributed by atoms with Crippen LogP contribution in [-0.2, 0) is 13.0 Å². The highest BCUT2D eigenvalue weighted by molar-refractivity contribution is 5.75. The van der Waals surface area contributed by atoms with Crippen molar-refractivity contribution in [3.05, 3.63) is 17.7 Å². The van der Waals surface area contributed by atoms with Crippen LogP contribution in [0.5, 0.6) is 0 Å². The summed E-state index contributed by atoms with van der Waals surface area (Å²) in [5.74, 6) is 1.80. The average Bonchev–Trinajstić information content (AvgIpc) is 3.23. The zero-order valence-corrected chi connectivity index (χ0v) is 12.6. The molecule has 0 bridgehead atoms. The van der Waals surface area contributed by atoms with Crippen LogP contribution < -0.4 is 5.32 Å². The topological polar surface area (TPSA) is 50.2 Å². The average molecular weight is 288 g/mol. The number of amides is 2. The predicted octanol–water partition coefficient (Wildman–Crippen LogP) is 2.27. The monoisotopic (exact) mass is 288 g/mol. The number of piperidine rings is 1. The van der Waals surface area contributed by atoms with Crippen molar-refractivity contribution < 1.29 is 4.79 Å². The van der Waals surface area contributed by atoms with E-state index in [0.29, 0.717) is 12.0 Å². The Morgan fingerprint density at radius 3 is 2.71 bits per heavy atom. The third-order valence-corrected chi connectivity index (χ3v) is 5.09. The number of likely N-dealkylation sites (tertiary alicyclic amines) is 1. The number of hydrogen-bond donors (Lipinski definition) is 1. The van der Waals surface area contributed by atoms with Gasteiger partial charge in [-0.05, 0) is 44.9 Å². The van der Waals surface area contributed by atoms with Crippen LogP contribution in [0.3, 0.4) is 0 Å². The normalized spacial score (nSPS) is 23.0. The fraction of sp³-hybridized carbons (Fsp3) is 0.750. The molecule has 0 aromatic carbocycles. The summed E-state index contributed by atoms with van der Waals surface area (Å²) in [6, 6.07) is 0.593. The van der Waals surface area contributed by atoms with Gasteiger partial charge in [0.1, 0.15) is 5.82 Å². The number of hydrogen-bond acceptors (Lipinski definition) is 2. The van der Waals surface area contributed by atoms with E-state index in [-0.39, 0.29) is 6.03 Å². The van der Waals surface area contributed by atoms with Crippen LogP contribution >= 0.6 is 0 Å². The number of imidazole rings is 1. The van der Waals surface area contributed by atoms with E-state index in [0.717, 1.165) is 45.3 Å². The Labute approximate surface area is 125 Å². The first kappa shape index (κ1) is 13.2. The molecule has 114 valence electrons. The summed E-state index contributed by atoms with van der Waals surface area (Å²) in [6.45, 7) is 2.86. The number of carbonyl (C=O) groups excluding carboxylic acids is 1. The van der Waals surface area contributed by atoms with Gasteiger partial charge in [-0.2, -0.15) is 0 Å². The van der Waals surface area contributed by atoms with E-state index < -0.39 is 0 Å². The molecule has 5 nitrogen and oxygen atoms in total. The van der Waals surface area contributed by atoms with Crippen LogP contribution in [0, 0.1) is 0 Å². The maximum absolute atomic E-state index is 12.1. The second-order valence-electron chi connectivity index (χ2n) is 6.70. The molecule has 2 amide bonds. The van der Waals surface area contributed by atoms with E-state index in [1.54, 1.807) is 0 Å². The highest BCUT2D eigenvalue weighted by atomic mass is 16.2. The molecule has 1 aliphatic carbocycles. The van der Waals surface area contributed by atoms with Crippen molar-refractivity contribution in [2.75, 3.05) is 13.1 Å². The highest BCUT2D eigenvalue weighted by Crippen LogP contribution is 2.30. The third kappa shape index (κ3) is 2.65. The van der Waals surface area contributed by atoms with Crippen molar-refractivity contribution in [3.63, 3.8) is 0 Å². The van der Waals surface area contributed by atoms with Crippen LogP contribution in [0.4, 0.5) is 4.79 Å². The van der Waals surface area contributed by atoms with Gasteiger partial charge in [-0.3, -0.25) is 0 Å². The molecule has 0 unspecified atom stereocenters. The van der Waals surface area contributed by atoms with Crippen molar-refractivity contribution in [3.8, 4) is 0 Å². The Hall–Kier alpha value is -1.52. The van der Waals surface area contributed by atoms with Gasteiger partial charge in [0.2, 0.25) is 0 Å². The molecule has 21 heavy (non-hydrogen) atoms. The van der Waals surface area contributed by atoms with Crippen LogP contribution in [0.25, 0.3) is 0 Å². The fourth-order valence-electron chi connectivity index (χ4n) is 3.62. The molecular formula is C16H24N4O. The SMILES string of the molecule is O=C(NC1CC1)N1CCC(c2ncc3n2CCCC3)CC1. The molecule has 0 atom stereocenters.